The van der Waals surface area contributed by atoms with Gasteiger partial charge in [0.2, 0.25) is 5.91 Å². The first-order valence-corrected chi connectivity index (χ1v) is 12.0. The predicted octanol–water partition coefficient (Wildman–Crippen LogP) is 4.23. The fourth-order valence-electron chi connectivity index (χ4n) is 4.75. The van der Waals surface area contributed by atoms with E-state index in [1.807, 2.05) is 29.2 Å². The molecule has 2 aromatic carbocycles. The zero-order chi connectivity index (χ0) is 26.1. The van der Waals surface area contributed by atoms with Crippen molar-refractivity contribution in [2.75, 3.05) is 25.5 Å². The van der Waals surface area contributed by atoms with E-state index in [2.05, 4.69) is 20.7 Å². The van der Waals surface area contributed by atoms with Crippen LogP contribution in [0.2, 0.25) is 0 Å². The summed E-state index contributed by atoms with van der Waals surface area (Å²) in [6.45, 7) is 0.576. The van der Waals surface area contributed by atoms with Gasteiger partial charge in [0.05, 0.1) is 6.20 Å². The van der Waals surface area contributed by atoms with Crippen molar-refractivity contribution in [1.82, 2.24) is 25.4 Å². The summed E-state index contributed by atoms with van der Waals surface area (Å²) in [5.41, 5.74) is 2.59. The molecule has 0 spiro atoms. The van der Waals surface area contributed by atoms with E-state index < -0.39 is 6.43 Å². The Hall–Kier alpha value is -4.34. The lowest BCUT2D eigenvalue weighted by molar-refractivity contribution is -0.121. The zero-order valence-corrected chi connectivity index (χ0v) is 20.5. The van der Waals surface area contributed by atoms with Gasteiger partial charge < -0.3 is 15.5 Å². The largest absolute Gasteiger partial charge is 0.358 e. The highest BCUT2D eigenvalue weighted by atomic mass is 19.3. The van der Waals surface area contributed by atoms with Crippen LogP contribution in [-0.4, -0.2) is 47.2 Å². The lowest BCUT2D eigenvalue weighted by Gasteiger charge is -2.32. The Morgan fingerprint density at radius 1 is 1.11 bits per heavy atom. The minimum absolute atomic E-state index is 0.000345. The predicted molar refractivity (Wildman–Crippen MR) is 137 cm³/mol. The Kier molecular flexibility index (Phi) is 6.56. The van der Waals surface area contributed by atoms with Crippen LogP contribution < -0.4 is 15.5 Å². The minimum atomic E-state index is -2.73. The minimum Gasteiger partial charge on any atom is -0.358 e. The number of pyridine rings is 1. The highest BCUT2D eigenvalue weighted by molar-refractivity contribution is 6.01. The molecule has 2 aromatic heterocycles. The van der Waals surface area contributed by atoms with Gasteiger partial charge in [-0.15, -0.1) is 0 Å². The van der Waals surface area contributed by atoms with Crippen molar-refractivity contribution < 1.29 is 18.4 Å². The Balaban J connectivity index is 1.63. The molecule has 0 saturated heterocycles. The van der Waals surface area contributed by atoms with Gasteiger partial charge in [-0.1, -0.05) is 24.3 Å². The average molecular weight is 505 g/mol. The molecule has 0 bridgehead atoms. The van der Waals surface area contributed by atoms with E-state index in [0.717, 1.165) is 22.8 Å². The molecule has 37 heavy (non-hydrogen) atoms. The van der Waals surface area contributed by atoms with E-state index in [-0.39, 0.29) is 29.6 Å². The van der Waals surface area contributed by atoms with Crippen LogP contribution in [0.15, 0.2) is 54.9 Å². The second-order valence-corrected chi connectivity index (χ2v) is 8.86. The summed E-state index contributed by atoms with van der Waals surface area (Å²) >= 11 is 0. The van der Waals surface area contributed by atoms with E-state index in [9.17, 15) is 18.4 Å². The molecule has 0 fully saturated rings. The van der Waals surface area contributed by atoms with Gasteiger partial charge in [-0.3, -0.25) is 14.3 Å². The smallest absolute Gasteiger partial charge is 0.269 e. The summed E-state index contributed by atoms with van der Waals surface area (Å²) in [6.07, 6.45) is 1.87. The summed E-state index contributed by atoms with van der Waals surface area (Å²) in [6, 6.07) is 12.6. The van der Waals surface area contributed by atoms with Crippen molar-refractivity contribution >= 4 is 34.1 Å². The van der Waals surface area contributed by atoms with Crippen molar-refractivity contribution in [2.24, 2.45) is 0 Å². The number of aryl methyl sites for hydroxylation is 1. The molecule has 5 rings (SSSR count). The molecule has 0 saturated carbocycles. The second kappa shape index (κ2) is 9.96. The van der Waals surface area contributed by atoms with Gasteiger partial charge in [0.25, 0.3) is 12.3 Å². The topological polar surface area (TPSA) is 92.2 Å². The van der Waals surface area contributed by atoms with Crippen LogP contribution >= 0.6 is 0 Å². The number of aromatic nitrogens is 3. The van der Waals surface area contributed by atoms with Gasteiger partial charge in [-0.05, 0) is 47.6 Å². The first-order valence-electron chi connectivity index (χ1n) is 12.0. The lowest BCUT2D eigenvalue weighted by Crippen LogP contribution is -2.27. The number of carbonyl (C=O) groups excluding carboxylic acids is 2. The number of carbonyl (C=O) groups is 2. The average Bonchev–Trinajstić information content (AvgIpc) is 3.38. The van der Waals surface area contributed by atoms with E-state index in [0.29, 0.717) is 35.6 Å². The molecule has 0 unspecified atom stereocenters. The molecule has 3 heterocycles. The number of halogens is 2. The van der Waals surface area contributed by atoms with Crippen LogP contribution in [0.3, 0.4) is 0 Å². The van der Waals surface area contributed by atoms with Crippen LogP contribution in [0.1, 0.15) is 34.5 Å². The van der Waals surface area contributed by atoms with Crippen molar-refractivity contribution in [3.8, 4) is 11.1 Å². The molecule has 8 nitrogen and oxygen atoms in total. The molecule has 2 N–H and O–H groups in total. The van der Waals surface area contributed by atoms with Gasteiger partial charge in [-0.2, -0.15) is 5.10 Å². The number of nitrogens with one attached hydrogen (secondary N) is 2. The number of anilines is 2. The first kappa shape index (κ1) is 24.4. The van der Waals surface area contributed by atoms with Gasteiger partial charge in [0.1, 0.15) is 18.1 Å². The number of likely N-dealkylation sites (N-methyl/N-ethyl adjacent to an activating group) is 1. The Bertz CT molecular complexity index is 1500. The van der Waals surface area contributed by atoms with Crippen LogP contribution in [-0.2, 0) is 17.8 Å². The third-order valence-electron chi connectivity index (χ3n) is 6.57. The van der Waals surface area contributed by atoms with Gasteiger partial charge in [0.15, 0.2) is 0 Å². The third kappa shape index (κ3) is 4.62. The number of benzene rings is 2. The van der Waals surface area contributed by atoms with Crippen LogP contribution in [0, 0.1) is 0 Å². The van der Waals surface area contributed by atoms with Crippen molar-refractivity contribution in [2.45, 2.75) is 25.8 Å². The molecule has 0 radical (unpaired) electrons. The van der Waals surface area contributed by atoms with Crippen LogP contribution in [0.4, 0.5) is 20.3 Å². The molecule has 10 heteroatoms. The summed E-state index contributed by atoms with van der Waals surface area (Å²) in [5, 5.41) is 11.0. The van der Waals surface area contributed by atoms with Gasteiger partial charge in [-0.25, -0.2) is 13.8 Å². The van der Waals surface area contributed by atoms with E-state index in [4.69, 9.17) is 0 Å². The summed E-state index contributed by atoms with van der Waals surface area (Å²) in [5.74, 6) is 0.00848. The van der Waals surface area contributed by atoms with Crippen LogP contribution in [0.25, 0.3) is 21.9 Å². The Labute approximate surface area is 212 Å². The van der Waals surface area contributed by atoms with Gasteiger partial charge in [0, 0.05) is 49.0 Å². The highest BCUT2D eigenvalue weighted by Crippen LogP contribution is 2.42. The molecule has 0 atom stereocenters. The molecule has 190 valence electrons. The number of amides is 2. The normalized spacial score (nSPS) is 13.1. The molecule has 1 aliphatic heterocycles. The zero-order valence-electron chi connectivity index (χ0n) is 20.5. The van der Waals surface area contributed by atoms with Gasteiger partial charge >= 0.3 is 0 Å². The number of alkyl halides is 2. The maximum absolute atomic E-state index is 14.4. The Morgan fingerprint density at radius 3 is 2.68 bits per heavy atom. The fourth-order valence-corrected chi connectivity index (χ4v) is 4.75. The summed E-state index contributed by atoms with van der Waals surface area (Å²) in [7, 11) is 3.07. The maximum Gasteiger partial charge on any atom is 0.269 e. The highest BCUT2D eigenvalue weighted by Gasteiger charge is 2.27. The number of fused-ring (bicyclic) bond motifs is 2. The van der Waals surface area contributed by atoms with E-state index in [1.165, 1.54) is 24.0 Å². The fraction of sp³-hybridized carbons (Fsp3) is 0.259. The number of nitrogens with zero attached hydrogens (tertiary/aromatic N) is 4. The quantitative estimate of drug-likeness (QED) is 0.410. The summed E-state index contributed by atoms with van der Waals surface area (Å²) < 4.78 is 30.2. The molecular weight excluding hydrogens is 478 g/mol. The molecular formula is C27H26F2N6O2. The van der Waals surface area contributed by atoms with Crippen molar-refractivity contribution in [3.05, 3.63) is 71.7 Å². The molecule has 0 aliphatic carbocycles. The SMILES string of the molecule is CNC(=O)Cn1cc(-c2cc3c(cc2C(F)F)N(c2nc(C(=O)NC)cc4ccccc24)CCC3)cn1. The summed E-state index contributed by atoms with van der Waals surface area (Å²) in [4.78, 5) is 30.8. The Morgan fingerprint density at radius 2 is 1.92 bits per heavy atom. The third-order valence-corrected chi connectivity index (χ3v) is 6.57. The molecule has 2 amide bonds. The number of hydrogen-bond acceptors (Lipinski definition) is 5. The number of rotatable bonds is 6. The number of hydrogen-bond donors (Lipinski definition) is 2. The van der Waals surface area contributed by atoms with E-state index in [1.54, 1.807) is 25.4 Å². The molecule has 4 aromatic rings. The van der Waals surface area contributed by atoms with Crippen LogP contribution in [0.5, 0.6) is 0 Å². The standard InChI is InChI=1S/C27H26F2N6O2/c1-30-24(36)15-34-14-18(13-32-34)20-10-17-7-5-9-35(23(17)12-21(20)25(28)29)26-19-8-4-3-6-16(19)11-22(33-26)27(37)31-2/h3-4,6,8,10-14,25H,5,7,9,15H2,1-2H3,(H,30,36)(H,31,37). The second-order valence-electron chi connectivity index (χ2n) is 8.86. The van der Waals surface area contributed by atoms with Crippen molar-refractivity contribution in [1.29, 1.82) is 0 Å². The first-order chi connectivity index (χ1) is 17.9. The lowest BCUT2D eigenvalue weighted by atomic mass is 9.93. The van der Waals surface area contributed by atoms with E-state index >= 15 is 0 Å². The monoisotopic (exact) mass is 504 g/mol. The molecule has 1 aliphatic rings. The van der Waals surface area contributed by atoms with Crippen molar-refractivity contribution in [3.63, 3.8) is 0 Å². The maximum atomic E-state index is 14.4.